The number of ether oxygens (including phenoxy) is 1. The minimum Gasteiger partial charge on any atom is -0.378 e. The fraction of sp³-hybridized carbons (Fsp3) is 1.00. The van der Waals surface area contributed by atoms with Crippen LogP contribution in [0.5, 0.6) is 0 Å². The molecule has 58 valence electrons. The second-order valence-corrected chi connectivity index (χ2v) is 4.53. The molecule has 2 fully saturated rings. The molecule has 0 amide bonds. The van der Waals surface area contributed by atoms with Gasteiger partial charge in [-0.05, 0) is 30.6 Å². The van der Waals surface area contributed by atoms with Crippen molar-refractivity contribution in [3.8, 4) is 0 Å². The summed E-state index contributed by atoms with van der Waals surface area (Å²) in [5, 5.41) is 0. The predicted octanol–water partition coefficient (Wildman–Crippen LogP) is 2.21. The Morgan fingerprint density at radius 1 is 1.30 bits per heavy atom. The van der Waals surface area contributed by atoms with E-state index in [2.05, 4.69) is 13.8 Å². The van der Waals surface area contributed by atoms with Crippen molar-refractivity contribution in [3.05, 3.63) is 0 Å². The highest BCUT2D eigenvalue weighted by atomic mass is 16.5. The lowest BCUT2D eigenvalue weighted by atomic mass is 9.90. The Kier molecular flexibility index (Phi) is 1.31. The summed E-state index contributed by atoms with van der Waals surface area (Å²) in [5.41, 5.74) is 0.565. The number of hydrogen-bond donors (Lipinski definition) is 0. The molecule has 0 aromatic carbocycles. The smallest absolute Gasteiger partial charge is 0.0609 e. The lowest BCUT2D eigenvalue weighted by Gasteiger charge is -2.17. The van der Waals surface area contributed by atoms with Crippen molar-refractivity contribution in [2.75, 3.05) is 6.61 Å². The van der Waals surface area contributed by atoms with Crippen molar-refractivity contribution in [2.45, 2.75) is 39.2 Å². The van der Waals surface area contributed by atoms with Crippen LogP contribution in [0.25, 0.3) is 0 Å². The highest BCUT2D eigenvalue weighted by Gasteiger charge is 2.42. The van der Waals surface area contributed by atoms with Crippen LogP contribution in [0.2, 0.25) is 0 Å². The van der Waals surface area contributed by atoms with Crippen molar-refractivity contribution >= 4 is 0 Å². The van der Waals surface area contributed by atoms with Crippen LogP contribution < -0.4 is 0 Å². The number of rotatable bonds is 0. The molecule has 2 unspecified atom stereocenters. The lowest BCUT2D eigenvalue weighted by molar-refractivity contribution is 0.0921. The van der Waals surface area contributed by atoms with E-state index in [1.165, 1.54) is 19.3 Å². The molecule has 0 aromatic rings. The molecule has 0 bridgehead atoms. The van der Waals surface area contributed by atoms with E-state index in [1.807, 2.05) is 0 Å². The molecule has 1 saturated heterocycles. The zero-order chi connectivity index (χ0) is 7.19. The first-order chi connectivity index (χ1) is 4.67. The summed E-state index contributed by atoms with van der Waals surface area (Å²) >= 11 is 0. The third kappa shape index (κ3) is 0.968. The largest absolute Gasteiger partial charge is 0.378 e. The third-order valence-corrected chi connectivity index (χ3v) is 2.91. The Balaban J connectivity index is 2.07. The van der Waals surface area contributed by atoms with Crippen molar-refractivity contribution in [1.29, 1.82) is 0 Å². The van der Waals surface area contributed by atoms with Crippen LogP contribution in [-0.4, -0.2) is 12.7 Å². The SMILES string of the molecule is CC1(C)CC2CCOC2C1. The van der Waals surface area contributed by atoms with Gasteiger partial charge in [-0.3, -0.25) is 0 Å². The summed E-state index contributed by atoms with van der Waals surface area (Å²) in [6.07, 6.45) is 4.61. The van der Waals surface area contributed by atoms with Crippen molar-refractivity contribution < 1.29 is 4.74 Å². The first-order valence-electron chi connectivity index (χ1n) is 4.29. The van der Waals surface area contributed by atoms with Crippen molar-refractivity contribution in [1.82, 2.24) is 0 Å². The van der Waals surface area contributed by atoms with Gasteiger partial charge in [0, 0.05) is 6.61 Å². The van der Waals surface area contributed by atoms with Crippen LogP contribution in [0.1, 0.15) is 33.1 Å². The molecule has 2 atom stereocenters. The minimum absolute atomic E-state index is 0.565. The van der Waals surface area contributed by atoms with E-state index < -0.39 is 0 Å². The molecule has 0 spiro atoms. The van der Waals surface area contributed by atoms with Gasteiger partial charge in [-0.15, -0.1) is 0 Å². The highest BCUT2D eigenvalue weighted by molar-refractivity contribution is 4.92. The van der Waals surface area contributed by atoms with Crippen LogP contribution in [0, 0.1) is 11.3 Å². The van der Waals surface area contributed by atoms with Gasteiger partial charge in [-0.25, -0.2) is 0 Å². The molecule has 1 nitrogen and oxygen atoms in total. The molecular formula is C9H16O. The molecule has 10 heavy (non-hydrogen) atoms. The summed E-state index contributed by atoms with van der Waals surface area (Å²) in [7, 11) is 0. The Morgan fingerprint density at radius 3 is 2.80 bits per heavy atom. The maximum Gasteiger partial charge on any atom is 0.0609 e. The van der Waals surface area contributed by atoms with Gasteiger partial charge in [0.25, 0.3) is 0 Å². The van der Waals surface area contributed by atoms with E-state index in [9.17, 15) is 0 Å². The van der Waals surface area contributed by atoms with E-state index in [-0.39, 0.29) is 0 Å². The molecule has 2 aliphatic rings. The molecule has 2 rings (SSSR count). The molecule has 1 aliphatic carbocycles. The second kappa shape index (κ2) is 1.97. The second-order valence-electron chi connectivity index (χ2n) is 4.53. The topological polar surface area (TPSA) is 9.23 Å². The first-order valence-corrected chi connectivity index (χ1v) is 4.29. The Bertz CT molecular complexity index is 126. The molecule has 1 heteroatoms. The molecular weight excluding hydrogens is 124 g/mol. The summed E-state index contributed by atoms with van der Waals surface area (Å²) in [6, 6.07) is 0. The van der Waals surface area contributed by atoms with Crippen LogP contribution in [-0.2, 0) is 4.74 Å². The van der Waals surface area contributed by atoms with Gasteiger partial charge in [-0.2, -0.15) is 0 Å². The molecule has 0 N–H and O–H groups in total. The van der Waals surface area contributed by atoms with Gasteiger partial charge in [0.15, 0.2) is 0 Å². The Hall–Kier alpha value is -0.0400. The van der Waals surface area contributed by atoms with Gasteiger partial charge in [0.1, 0.15) is 0 Å². The lowest BCUT2D eigenvalue weighted by Crippen LogP contribution is -2.09. The van der Waals surface area contributed by atoms with Crippen LogP contribution in [0.4, 0.5) is 0 Å². The van der Waals surface area contributed by atoms with Gasteiger partial charge >= 0.3 is 0 Å². The average Bonchev–Trinajstić information content (AvgIpc) is 2.20. The standard InChI is InChI=1S/C9H16O/c1-9(2)5-7-3-4-10-8(7)6-9/h7-8H,3-6H2,1-2H3. The predicted molar refractivity (Wildman–Crippen MR) is 40.9 cm³/mol. The maximum absolute atomic E-state index is 5.61. The van der Waals surface area contributed by atoms with E-state index in [0.29, 0.717) is 11.5 Å². The fourth-order valence-electron chi connectivity index (χ4n) is 2.49. The molecule has 0 radical (unpaired) electrons. The third-order valence-electron chi connectivity index (χ3n) is 2.91. The Morgan fingerprint density at radius 2 is 2.10 bits per heavy atom. The van der Waals surface area contributed by atoms with E-state index in [0.717, 1.165) is 12.5 Å². The van der Waals surface area contributed by atoms with Crippen molar-refractivity contribution in [2.24, 2.45) is 11.3 Å². The zero-order valence-electron chi connectivity index (χ0n) is 6.89. The molecule has 1 heterocycles. The quantitative estimate of drug-likeness (QED) is 0.501. The monoisotopic (exact) mass is 140 g/mol. The van der Waals surface area contributed by atoms with Crippen molar-refractivity contribution in [3.63, 3.8) is 0 Å². The first kappa shape index (κ1) is 6.66. The molecule has 1 aliphatic heterocycles. The minimum atomic E-state index is 0.565. The van der Waals surface area contributed by atoms with Gasteiger partial charge in [0.2, 0.25) is 0 Å². The normalized spacial score (nSPS) is 43.8. The van der Waals surface area contributed by atoms with Gasteiger partial charge in [0.05, 0.1) is 6.10 Å². The average molecular weight is 140 g/mol. The number of hydrogen-bond acceptors (Lipinski definition) is 1. The Labute approximate surface area is 62.8 Å². The van der Waals surface area contributed by atoms with E-state index >= 15 is 0 Å². The van der Waals surface area contributed by atoms with Gasteiger partial charge < -0.3 is 4.74 Å². The highest BCUT2D eigenvalue weighted by Crippen LogP contribution is 2.46. The summed E-state index contributed by atoms with van der Waals surface area (Å²) < 4.78 is 5.61. The summed E-state index contributed by atoms with van der Waals surface area (Å²) in [6.45, 7) is 5.73. The van der Waals surface area contributed by atoms with Crippen LogP contribution in [0.15, 0.2) is 0 Å². The van der Waals surface area contributed by atoms with E-state index in [1.54, 1.807) is 0 Å². The molecule has 1 saturated carbocycles. The fourth-order valence-corrected chi connectivity index (χ4v) is 2.49. The van der Waals surface area contributed by atoms with Crippen LogP contribution in [0.3, 0.4) is 0 Å². The summed E-state index contributed by atoms with van der Waals surface area (Å²) in [5.74, 6) is 0.898. The summed E-state index contributed by atoms with van der Waals surface area (Å²) in [4.78, 5) is 0. The zero-order valence-corrected chi connectivity index (χ0v) is 6.89. The molecule has 0 aromatic heterocycles. The van der Waals surface area contributed by atoms with Crippen LogP contribution >= 0.6 is 0 Å². The number of fused-ring (bicyclic) bond motifs is 1. The van der Waals surface area contributed by atoms with E-state index in [4.69, 9.17) is 4.74 Å². The maximum atomic E-state index is 5.61. The van der Waals surface area contributed by atoms with Gasteiger partial charge in [-0.1, -0.05) is 13.8 Å².